The smallest absolute Gasteiger partial charge is 0.231 e. The van der Waals surface area contributed by atoms with E-state index < -0.39 is 0 Å². The van der Waals surface area contributed by atoms with Crippen molar-refractivity contribution in [2.75, 3.05) is 25.3 Å². The number of aryl methyl sites for hydroxylation is 1. The molecule has 1 aliphatic rings. The average Bonchev–Trinajstić information content (AvgIpc) is 2.74. The molecule has 1 aromatic rings. The standard InChI is InChI=1S/C12H16N2O3/c1-8-5-10-11(17-7-16-10)6-9(8)14(2)12(15)3-4-13/h5-6H,3-4,7,13H2,1-2H3. The zero-order valence-electron chi connectivity index (χ0n) is 10.0. The number of nitrogens with zero attached hydrogens (tertiary/aromatic N) is 1. The molecule has 1 aromatic carbocycles. The fourth-order valence-corrected chi connectivity index (χ4v) is 1.82. The van der Waals surface area contributed by atoms with Gasteiger partial charge in [0.1, 0.15) is 0 Å². The van der Waals surface area contributed by atoms with Crippen molar-refractivity contribution in [3.63, 3.8) is 0 Å². The van der Waals surface area contributed by atoms with Crippen molar-refractivity contribution in [3.8, 4) is 11.5 Å². The summed E-state index contributed by atoms with van der Waals surface area (Å²) in [6, 6.07) is 3.70. The number of benzene rings is 1. The molecule has 1 heterocycles. The molecule has 0 saturated carbocycles. The van der Waals surface area contributed by atoms with E-state index in [0.29, 0.717) is 18.7 Å². The van der Waals surface area contributed by atoms with Gasteiger partial charge in [-0.3, -0.25) is 4.79 Å². The Morgan fingerprint density at radius 3 is 2.71 bits per heavy atom. The van der Waals surface area contributed by atoms with Gasteiger partial charge in [-0.25, -0.2) is 0 Å². The molecule has 1 aliphatic heterocycles. The van der Waals surface area contributed by atoms with Crippen LogP contribution in [-0.2, 0) is 4.79 Å². The predicted molar refractivity (Wildman–Crippen MR) is 64.4 cm³/mol. The van der Waals surface area contributed by atoms with Crippen LogP contribution in [0.5, 0.6) is 11.5 Å². The first-order valence-electron chi connectivity index (χ1n) is 5.50. The molecule has 92 valence electrons. The lowest BCUT2D eigenvalue weighted by Gasteiger charge is -2.19. The van der Waals surface area contributed by atoms with Crippen LogP contribution in [0.3, 0.4) is 0 Å². The molecule has 2 N–H and O–H groups in total. The van der Waals surface area contributed by atoms with Crippen molar-refractivity contribution >= 4 is 11.6 Å². The van der Waals surface area contributed by atoms with E-state index in [0.717, 1.165) is 17.0 Å². The Kier molecular flexibility index (Phi) is 3.19. The SMILES string of the molecule is Cc1cc2c(cc1N(C)C(=O)CCN)OCO2. The zero-order chi connectivity index (χ0) is 12.4. The lowest BCUT2D eigenvalue weighted by Crippen LogP contribution is -2.28. The van der Waals surface area contributed by atoms with Crippen molar-refractivity contribution in [1.82, 2.24) is 0 Å². The summed E-state index contributed by atoms with van der Waals surface area (Å²) < 4.78 is 10.6. The summed E-state index contributed by atoms with van der Waals surface area (Å²) in [5.41, 5.74) is 7.18. The fourth-order valence-electron chi connectivity index (χ4n) is 1.82. The van der Waals surface area contributed by atoms with Gasteiger partial charge in [-0.2, -0.15) is 0 Å². The van der Waals surface area contributed by atoms with Crippen LogP contribution in [0.2, 0.25) is 0 Å². The Morgan fingerprint density at radius 1 is 1.41 bits per heavy atom. The minimum absolute atomic E-state index is 0.00512. The number of hydrogen-bond donors (Lipinski definition) is 1. The van der Waals surface area contributed by atoms with Crippen LogP contribution >= 0.6 is 0 Å². The summed E-state index contributed by atoms with van der Waals surface area (Å²) in [4.78, 5) is 13.4. The van der Waals surface area contributed by atoms with E-state index in [1.807, 2.05) is 19.1 Å². The summed E-state index contributed by atoms with van der Waals surface area (Å²) in [5.74, 6) is 1.40. The normalized spacial score (nSPS) is 12.6. The number of nitrogens with two attached hydrogens (primary N) is 1. The summed E-state index contributed by atoms with van der Waals surface area (Å²) in [6.45, 7) is 2.52. The second kappa shape index (κ2) is 4.63. The highest BCUT2D eigenvalue weighted by atomic mass is 16.7. The van der Waals surface area contributed by atoms with Gasteiger partial charge in [0.25, 0.3) is 0 Å². The minimum Gasteiger partial charge on any atom is -0.454 e. The van der Waals surface area contributed by atoms with E-state index in [9.17, 15) is 4.79 Å². The summed E-state index contributed by atoms with van der Waals surface area (Å²) in [7, 11) is 1.74. The third-order valence-electron chi connectivity index (χ3n) is 2.78. The Balaban J connectivity index is 2.29. The molecular formula is C12H16N2O3. The highest BCUT2D eigenvalue weighted by Crippen LogP contribution is 2.37. The molecule has 0 atom stereocenters. The number of ether oxygens (including phenoxy) is 2. The summed E-state index contributed by atoms with van der Waals surface area (Å²) in [5, 5.41) is 0. The van der Waals surface area contributed by atoms with E-state index in [1.165, 1.54) is 0 Å². The number of carbonyl (C=O) groups excluding carboxylic acids is 1. The Bertz CT molecular complexity index is 446. The maximum atomic E-state index is 11.8. The molecule has 0 radical (unpaired) electrons. The average molecular weight is 236 g/mol. The molecule has 0 bridgehead atoms. The van der Waals surface area contributed by atoms with E-state index >= 15 is 0 Å². The topological polar surface area (TPSA) is 64.8 Å². The number of carbonyl (C=O) groups is 1. The first kappa shape index (κ1) is 11.7. The van der Waals surface area contributed by atoms with Crippen molar-refractivity contribution in [2.24, 2.45) is 5.73 Å². The van der Waals surface area contributed by atoms with Gasteiger partial charge in [-0.15, -0.1) is 0 Å². The molecule has 0 aliphatic carbocycles. The molecule has 1 amide bonds. The van der Waals surface area contributed by atoms with Gasteiger partial charge in [0.05, 0.1) is 5.69 Å². The first-order valence-corrected chi connectivity index (χ1v) is 5.50. The summed E-state index contributed by atoms with van der Waals surface area (Å²) in [6.07, 6.45) is 0.338. The second-order valence-corrected chi connectivity index (χ2v) is 3.98. The molecule has 0 spiro atoms. The molecule has 0 saturated heterocycles. The fraction of sp³-hybridized carbons (Fsp3) is 0.417. The van der Waals surface area contributed by atoms with Gasteiger partial charge in [0, 0.05) is 26.1 Å². The zero-order valence-corrected chi connectivity index (χ0v) is 10.0. The van der Waals surface area contributed by atoms with Crippen molar-refractivity contribution in [2.45, 2.75) is 13.3 Å². The van der Waals surface area contributed by atoms with Gasteiger partial charge in [-0.05, 0) is 18.6 Å². The van der Waals surface area contributed by atoms with E-state index in [2.05, 4.69) is 0 Å². The predicted octanol–water partition coefficient (Wildman–Crippen LogP) is 1.04. The minimum atomic E-state index is -0.00512. The Labute approximate surface area is 100 Å². The van der Waals surface area contributed by atoms with Crippen LogP contribution < -0.4 is 20.1 Å². The van der Waals surface area contributed by atoms with Crippen LogP contribution in [-0.4, -0.2) is 26.3 Å². The lowest BCUT2D eigenvalue weighted by atomic mass is 10.1. The van der Waals surface area contributed by atoms with E-state index in [1.54, 1.807) is 11.9 Å². The quantitative estimate of drug-likeness (QED) is 0.851. The highest BCUT2D eigenvalue weighted by molar-refractivity contribution is 5.94. The highest BCUT2D eigenvalue weighted by Gasteiger charge is 2.19. The molecule has 0 fully saturated rings. The number of fused-ring (bicyclic) bond motifs is 1. The Morgan fingerprint density at radius 2 is 2.06 bits per heavy atom. The first-order chi connectivity index (χ1) is 8.13. The van der Waals surface area contributed by atoms with Crippen molar-refractivity contribution in [3.05, 3.63) is 17.7 Å². The van der Waals surface area contributed by atoms with Crippen LogP contribution in [0.15, 0.2) is 12.1 Å². The maximum absolute atomic E-state index is 11.8. The van der Waals surface area contributed by atoms with Crippen LogP contribution in [0.4, 0.5) is 5.69 Å². The number of rotatable bonds is 3. The molecule has 5 heteroatoms. The lowest BCUT2D eigenvalue weighted by molar-refractivity contribution is -0.118. The maximum Gasteiger partial charge on any atom is 0.231 e. The van der Waals surface area contributed by atoms with Gasteiger partial charge in [0.2, 0.25) is 12.7 Å². The number of amides is 1. The molecule has 0 unspecified atom stereocenters. The molecule has 2 rings (SSSR count). The monoisotopic (exact) mass is 236 g/mol. The Hall–Kier alpha value is -1.75. The van der Waals surface area contributed by atoms with E-state index in [-0.39, 0.29) is 12.7 Å². The number of hydrogen-bond acceptors (Lipinski definition) is 4. The van der Waals surface area contributed by atoms with Crippen molar-refractivity contribution in [1.29, 1.82) is 0 Å². The van der Waals surface area contributed by atoms with Crippen LogP contribution in [0, 0.1) is 6.92 Å². The third kappa shape index (κ3) is 2.19. The van der Waals surface area contributed by atoms with Gasteiger partial charge in [-0.1, -0.05) is 0 Å². The summed E-state index contributed by atoms with van der Waals surface area (Å²) >= 11 is 0. The van der Waals surface area contributed by atoms with Crippen molar-refractivity contribution < 1.29 is 14.3 Å². The second-order valence-electron chi connectivity index (χ2n) is 3.98. The third-order valence-corrected chi connectivity index (χ3v) is 2.78. The number of anilines is 1. The molecule has 0 aromatic heterocycles. The molecule has 5 nitrogen and oxygen atoms in total. The van der Waals surface area contributed by atoms with Gasteiger partial charge in [0.15, 0.2) is 11.5 Å². The van der Waals surface area contributed by atoms with Gasteiger partial charge >= 0.3 is 0 Å². The molecular weight excluding hydrogens is 220 g/mol. The van der Waals surface area contributed by atoms with E-state index in [4.69, 9.17) is 15.2 Å². The van der Waals surface area contributed by atoms with Gasteiger partial charge < -0.3 is 20.1 Å². The van der Waals surface area contributed by atoms with Crippen LogP contribution in [0.1, 0.15) is 12.0 Å². The molecule has 17 heavy (non-hydrogen) atoms. The largest absolute Gasteiger partial charge is 0.454 e. The van der Waals surface area contributed by atoms with Crippen LogP contribution in [0.25, 0.3) is 0 Å².